The van der Waals surface area contributed by atoms with Crippen molar-refractivity contribution in [3.05, 3.63) is 64.7 Å². The minimum absolute atomic E-state index is 0.111. The molecule has 0 bridgehead atoms. The summed E-state index contributed by atoms with van der Waals surface area (Å²) in [6, 6.07) is 17.0. The fourth-order valence-electron chi connectivity index (χ4n) is 2.68. The Balaban J connectivity index is 2.08. The molecule has 4 rings (SSSR count). The second-order valence-corrected chi connectivity index (χ2v) is 4.88. The van der Waals surface area contributed by atoms with Crippen molar-refractivity contribution in [2.24, 2.45) is 0 Å². The lowest BCUT2D eigenvalue weighted by Crippen LogP contribution is -1.91. The summed E-state index contributed by atoms with van der Waals surface area (Å²) in [5, 5.41) is 20.7. The minimum atomic E-state index is -0.487. The van der Waals surface area contributed by atoms with Gasteiger partial charge in [0.25, 0.3) is 0 Å². The normalized spacial score (nSPS) is 11.1. The first-order valence-corrected chi connectivity index (χ1v) is 6.63. The molecule has 4 aromatic rings. The van der Waals surface area contributed by atoms with E-state index in [1.165, 1.54) is 6.07 Å². The van der Waals surface area contributed by atoms with E-state index in [4.69, 9.17) is 4.63 Å². The number of nitro groups is 1. The second kappa shape index (κ2) is 4.63. The number of nitro benzene ring substituents is 1. The van der Waals surface area contributed by atoms with Crippen molar-refractivity contribution in [2.75, 3.05) is 0 Å². The van der Waals surface area contributed by atoms with E-state index in [2.05, 4.69) is 10.3 Å². The molecule has 3 aromatic carbocycles. The maximum absolute atomic E-state index is 11.1. The molecule has 0 spiro atoms. The largest absolute Gasteiger partial charge is 0.300 e. The number of non-ortho nitro benzene ring substituents is 1. The zero-order valence-electron chi connectivity index (χ0n) is 11.3. The van der Waals surface area contributed by atoms with Crippen LogP contribution in [-0.2, 0) is 0 Å². The van der Waals surface area contributed by atoms with Crippen LogP contribution in [0.5, 0.6) is 0 Å². The van der Waals surface area contributed by atoms with Crippen LogP contribution in [0.25, 0.3) is 32.9 Å². The van der Waals surface area contributed by atoms with Crippen LogP contribution in [0.2, 0.25) is 0 Å². The minimum Gasteiger partial charge on any atom is -0.258 e. The standard InChI is InChI=1S/C16H9N3O3/c20-19(21)14-9-8-13(15-16(14)18-22-17-15)12-7-3-5-10-4-1-2-6-11(10)12/h1-9H. The summed E-state index contributed by atoms with van der Waals surface area (Å²) in [5.74, 6) is 0. The van der Waals surface area contributed by atoms with E-state index in [0.717, 1.165) is 21.9 Å². The first-order valence-electron chi connectivity index (χ1n) is 6.63. The Morgan fingerprint density at radius 2 is 1.64 bits per heavy atom. The van der Waals surface area contributed by atoms with E-state index in [-0.39, 0.29) is 11.2 Å². The van der Waals surface area contributed by atoms with Gasteiger partial charge in [-0.3, -0.25) is 10.1 Å². The third-order valence-electron chi connectivity index (χ3n) is 3.67. The number of nitrogens with zero attached hydrogens (tertiary/aromatic N) is 3. The average molecular weight is 291 g/mol. The molecule has 0 atom stereocenters. The van der Waals surface area contributed by atoms with Gasteiger partial charge in [0, 0.05) is 11.6 Å². The maximum atomic E-state index is 11.1. The predicted molar refractivity (Wildman–Crippen MR) is 81.4 cm³/mol. The monoisotopic (exact) mass is 291 g/mol. The maximum Gasteiger partial charge on any atom is 0.300 e. The van der Waals surface area contributed by atoms with Gasteiger partial charge in [0.1, 0.15) is 5.52 Å². The van der Waals surface area contributed by atoms with Crippen LogP contribution in [0, 0.1) is 10.1 Å². The van der Waals surface area contributed by atoms with Crippen molar-refractivity contribution in [1.29, 1.82) is 0 Å². The lowest BCUT2D eigenvalue weighted by Gasteiger charge is -2.06. The van der Waals surface area contributed by atoms with Crippen LogP contribution in [0.3, 0.4) is 0 Å². The Morgan fingerprint density at radius 3 is 2.50 bits per heavy atom. The first-order chi connectivity index (χ1) is 10.8. The van der Waals surface area contributed by atoms with Crippen molar-refractivity contribution in [2.45, 2.75) is 0 Å². The molecule has 0 unspecified atom stereocenters. The summed E-state index contributed by atoms with van der Waals surface area (Å²) in [4.78, 5) is 10.6. The first kappa shape index (κ1) is 12.5. The second-order valence-electron chi connectivity index (χ2n) is 4.88. The topological polar surface area (TPSA) is 82.1 Å². The molecular formula is C16H9N3O3. The summed E-state index contributed by atoms with van der Waals surface area (Å²) in [6.07, 6.45) is 0. The lowest BCUT2D eigenvalue weighted by molar-refractivity contribution is -0.383. The van der Waals surface area contributed by atoms with Crippen LogP contribution >= 0.6 is 0 Å². The Labute approximate surface area is 124 Å². The van der Waals surface area contributed by atoms with Crippen LogP contribution in [-0.4, -0.2) is 15.2 Å². The molecule has 0 saturated heterocycles. The van der Waals surface area contributed by atoms with Gasteiger partial charge in [-0.2, -0.15) is 0 Å². The predicted octanol–water partition coefficient (Wildman–Crippen LogP) is 3.95. The molecule has 0 saturated carbocycles. The van der Waals surface area contributed by atoms with E-state index in [1.54, 1.807) is 6.07 Å². The van der Waals surface area contributed by atoms with E-state index in [0.29, 0.717) is 5.52 Å². The van der Waals surface area contributed by atoms with Crippen molar-refractivity contribution in [3.63, 3.8) is 0 Å². The SMILES string of the molecule is O=[N+]([O-])c1ccc(-c2cccc3ccccc23)c2nonc12. The molecule has 0 aliphatic carbocycles. The zero-order chi connectivity index (χ0) is 15.1. The van der Waals surface area contributed by atoms with Crippen molar-refractivity contribution < 1.29 is 9.55 Å². The fraction of sp³-hybridized carbons (Fsp3) is 0. The molecule has 0 fully saturated rings. The van der Waals surface area contributed by atoms with E-state index in [9.17, 15) is 10.1 Å². The molecule has 0 amide bonds. The summed E-state index contributed by atoms with van der Waals surface area (Å²) >= 11 is 0. The molecule has 0 N–H and O–H groups in total. The van der Waals surface area contributed by atoms with E-state index in [1.807, 2.05) is 42.5 Å². The van der Waals surface area contributed by atoms with Crippen LogP contribution in [0.15, 0.2) is 59.2 Å². The fourth-order valence-corrected chi connectivity index (χ4v) is 2.68. The highest BCUT2D eigenvalue weighted by Gasteiger charge is 2.20. The highest BCUT2D eigenvalue weighted by atomic mass is 16.6. The summed E-state index contributed by atoms with van der Waals surface area (Å²) < 4.78 is 4.73. The summed E-state index contributed by atoms with van der Waals surface area (Å²) in [6.45, 7) is 0. The van der Waals surface area contributed by atoms with Crippen molar-refractivity contribution in [3.8, 4) is 11.1 Å². The summed E-state index contributed by atoms with van der Waals surface area (Å²) in [5.41, 5.74) is 2.15. The number of aromatic nitrogens is 2. The van der Waals surface area contributed by atoms with E-state index < -0.39 is 4.92 Å². The molecule has 1 heterocycles. The number of hydrogen-bond acceptors (Lipinski definition) is 5. The Morgan fingerprint density at radius 1 is 0.864 bits per heavy atom. The number of hydrogen-bond donors (Lipinski definition) is 0. The molecular weight excluding hydrogens is 282 g/mol. The Hall–Kier alpha value is -3.28. The molecule has 0 aliphatic rings. The van der Waals surface area contributed by atoms with Crippen LogP contribution in [0.1, 0.15) is 0 Å². The lowest BCUT2D eigenvalue weighted by atomic mass is 9.97. The van der Waals surface area contributed by atoms with Crippen molar-refractivity contribution >= 4 is 27.5 Å². The van der Waals surface area contributed by atoms with Gasteiger partial charge in [0.05, 0.1) is 4.92 Å². The molecule has 6 heteroatoms. The Kier molecular flexibility index (Phi) is 2.62. The zero-order valence-corrected chi connectivity index (χ0v) is 11.3. The molecule has 0 radical (unpaired) electrons. The van der Waals surface area contributed by atoms with Gasteiger partial charge >= 0.3 is 5.69 Å². The highest BCUT2D eigenvalue weighted by Crippen LogP contribution is 2.35. The summed E-state index contributed by atoms with van der Waals surface area (Å²) in [7, 11) is 0. The Bertz CT molecular complexity index is 1020. The molecule has 1 aromatic heterocycles. The highest BCUT2D eigenvalue weighted by molar-refractivity contribution is 6.04. The van der Waals surface area contributed by atoms with Gasteiger partial charge in [-0.1, -0.05) is 42.5 Å². The van der Waals surface area contributed by atoms with Gasteiger partial charge in [-0.05, 0) is 32.7 Å². The van der Waals surface area contributed by atoms with E-state index >= 15 is 0 Å². The molecule has 106 valence electrons. The van der Waals surface area contributed by atoms with Gasteiger partial charge < -0.3 is 0 Å². The van der Waals surface area contributed by atoms with Gasteiger partial charge in [-0.25, -0.2) is 4.63 Å². The number of benzene rings is 3. The van der Waals surface area contributed by atoms with Gasteiger partial charge in [-0.15, -0.1) is 0 Å². The quantitative estimate of drug-likeness (QED) is 0.412. The third kappa shape index (κ3) is 1.74. The number of fused-ring (bicyclic) bond motifs is 2. The van der Waals surface area contributed by atoms with Gasteiger partial charge in [0.15, 0.2) is 0 Å². The molecule has 22 heavy (non-hydrogen) atoms. The van der Waals surface area contributed by atoms with Crippen molar-refractivity contribution in [1.82, 2.24) is 10.3 Å². The third-order valence-corrected chi connectivity index (χ3v) is 3.67. The van der Waals surface area contributed by atoms with Gasteiger partial charge in [0.2, 0.25) is 5.52 Å². The molecule has 6 nitrogen and oxygen atoms in total. The average Bonchev–Trinajstić information content (AvgIpc) is 3.03. The number of rotatable bonds is 2. The smallest absolute Gasteiger partial charge is 0.258 e. The van der Waals surface area contributed by atoms with Crippen LogP contribution < -0.4 is 0 Å². The van der Waals surface area contributed by atoms with Crippen LogP contribution in [0.4, 0.5) is 5.69 Å². The molecule has 0 aliphatic heterocycles.